The smallest absolute Gasteiger partial charge is 0.122 e. The van der Waals surface area contributed by atoms with Gasteiger partial charge in [0.2, 0.25) is 0 Å². The van der Waals surface area contributed by atoms with Crippen molar-refractivity contribution < 1.29 is 9.84 Å². The topological polar surface area (TPSA) is 32.7 Å². The van der Waals surface area contributed by atoms with Crippen LogP contribution in [0, 0.1) is 19.3 Å². The third kappa shape index (κ3) is 4.51. The maximum absolute atomic E-state index is 9.33. The van der Waals surface area contributed by atoms with E-state index in [2.05, 4.69) is 51.8 Å². The maximum Gasteiger partial charge on any atom is 0.122 e. The molecule has 3 nitrogen and oxygen atoms in total. The molecule has 1 aromatic rings. The van der Waals surface area contributed by atoms with Crippen LogP contribution in [0.2, 0.25) is 0 Å². The van der Waals surface area contributed by atoms with Crippen LogP contribution in [0.5, 0.6) is 5.75 Å². The molecular formula is C16H27NO2. The fourth-order valence-corrected chi connectivity index (χ4v) is 2.37. The van der Waals surface area contributed by atoms with E-state index in [1.54, 1.807) is 7.11 Å². The lowest BCUT2D eigenvalue weighted by molar-refractivity contribution is 0.112. The number of methoxy groups -OCH3 is 1. The van der Waals surface area contributed by atoms with Crippen molar-refractivity contribution in [1.29, 1.82) is 0 Å². The van der Waals surface area contributed by atoms with Crippen molar-refractivity contribution >= 4 is 0 Å². The Labute approximate surface area is 117 Å². The van der Waals surface area contributed by atoms with Gasteiger partial charge < -0.3 is 14.7 Å². The SMILES string of the molecule is COc1cc(C)c(CN(C)CC(C)(C)CO)cc1C. The fourth-order valence-electron chi connectivity index (χ4n) is 2.37. The molecule has 0 fully saturated rings. The summed E-state index contributed by atoms with van der Waals surface area (Å²) in [5, 5.41) is 9.33. The molecule has 0 aliphatic rings. The van der Waals surface area contributed by atoms with Crippen molar-refractivity contribution in [2.24, 2.45) is 5.41 Å². The highest BCUT2D eigenvalue weighted by Crippen LogP contribution is 2.24. The Balaban J connectivity index is 2.80. The molecule has 0 bridgehead atoms. The Morgan fingerprint density at radius 2 is 1.84 bits per heavy atom. The molecule has 0 atom stereocenters. The number of rotatable bonds is 6. The van der Waals surface area contributed by atoms with Crippen LogP contribution in [0.15, 0.2) is 12.1 Å². The molecule has 0 amide bonds. The highest BCUT2D eigenvalue weighted by atomic mass is 16.5. The zero-order chi connectivity index (χ0) is 14.6. The molecule has 0 heterocycles. The lowest BCUT2D eigenvalue weighted by atomic mass is 9.94. The Kier molecular flexibility index (Phi) is 5.39. The summed E-state index contributed by atoms with van der Waals surface area (Å²) in [5.74, 6) is 0.944. The van der Waals surface area contributed by atoms with Crippen molar-refractivity contribution in [3.8, 4) is 5.75 Å². The summed E-state index contributed by atoms with van der Waals surface area (Å²) in [5.41, 5.74) is 3.66. The number of hydrogen-bond acceptors (Lipinski definition) is 3. The van der Waals surface area contributed by atoms with E-state index < -0.39 is 0 Å². The van der Waals surface area contributed by atoms with Gasteiger partial charge in [-0.3, -0.25) is 0 Å². The molecule has 108 valence electrons. The van der Waals surface area contributed by atoms with Crippen molar-refractivity contribution in [1.82, 2.24) is 4.90 Å². The van der Waals surface area contributed by atoms with Crippen LogP contribution in [0.25, 0.3) is 0 Å². The predicted molar refractivity (Wildman–Crippen MR) is 79.7 cm³/mol. The van der Waals surface area contributed by atoms with Gasteiger partial charge in [-0.05, 0) is 43.7 Å². The fraction of sp³-hybridized carbons (Fsp3) is 0.625. The molecule has 0 saturated carbocycles. The van der Waals surface area contributed by atoms with Gasteiger partial charge in [-0.1, -0.05) is 19.9 Å². The highest BCUT2D eigenvalue weighted by Gasteiger charge is 2.19. The molecule has 0 saturated heterocycles. The molecule has 0 spiro atoms. The molecule has 0 unspecified atom stereocenters. The van der Waals surface area contributed by atoms with Crippen molar-refractivity contribution in [3.05, 3.63) is 28.8 Å². The summed E-state index contributed by atoms with van der Waals surface area (Å²) in [4.78, 5) is 2.25. The molecule has 1 N–H and O–H groups in total. The first-order chi connectivity index (χ1) is 8.79. The summed E-state index contributed by atoms with van der Waals surface area (Å²) in [6.45, 7) is 10.3. The van der Waals surface area contributed by atoms with E-state index in [9.17, 15) is 5.11 Å². The summed E-state index contributed by atoms with van der Waals surface area (Å²) in [7, 11) is 3.80. The van der Waals surface area contributed by atoms with E-state index in [1.165, 1.54) is 11.1 Å². The lowest BCUT2D eigenvalue weighted by Gasteiger charge is -2.29. The number of nitrogens with zero attached hydrogens (tertiary/aromatic N) is 1. The molecule has 1 aromatic carbocycles. The number of hydrogen-bond donors (Lipinski definition) is 1. The number of aliphatic hydroxyl groups is 1. The largest absolute Gasteiger partial charge is 0.496 e. The number of benzene rings is 1. The van der Waals surface area contributed by atoms with Crippen LogP contribution < -0.4 is 4.74 Å². The zero-order valence-corrected chi connectivity index (χ0v) is 13.1. The van der Waals surface area contributed by atoms with Gasteiger partial charge in [0.15, 0.2) is 0 Å². The maximum atomic E-state index is 9.33. The van der Waals surface area contributed by atoms with E-state index in [4.69, 9.17) is 4.74 Å². The van der Waals surface area contributed by atoms with Crippen LogP contribution in [0.3, 0.4) is 0 Å². The molecule has 0 radical (unpaired) electrons. The molecule has 0 aliphatic carbocycles. The van der Waals surface area contributed by atoms with Gasteiger partial charge in [-0.25, -0.2) is 0 Å². The van der Waals surface area contributed by atoms with Crippen molar-refractivity contribution in [2.45, 2.75) is 34.2 Å². The second-order valence-corrected chi connectivity index (χ2v) is 6.24. The molecule has 3 heteroatoms. The van der Waals surface area contributed by atoms with Gasteiger partial charge >= 0.3 is 0 Å². The van der Waals surface area contributed by atoms with Crippen molar-refractivity contribution in [2.75, 3.05) is 27.3 Å². The Bertz CT molecular complexity index is 427. The van der Waals surface area contributed by atoms with E-state index in [1.807, 2.05) is 0 Å². The van der Waals surface area contributed by atoms with Crippen LogP contribution in [0.4, 0.5) is 0 Å². The van der Waals surface area contributed by atoms with Gasteiger partial charge in [0.25, 0.3) is 0 Å². The minimum absolute atomic E-state index is 0.0653. The second kappa shape index (κ2) is 6.40. The third-order valence-electron chi connectivity index (χ3n) is 3.42. The summed E-state index contributed by atoms with van der Waals surface area (Å²) < 4.78 is 5.34. The number of aryl methyl sites for hydroxylation is 2. The van der Waals surface area contributed by atoms with Crippen LogP contribution in [0.1, 0.15) is 30.5 Å². The molecular weight excluding hydrogens is 238 g/mol. The monoisotopic (exact) mass is 265 g/mol. The average Bonchev–Trinajstić information content (AvgIpc) is 2.32. The van der Waals surface area contributed by atoms with E-state index >= 15 is 0 Å². The minimum atomic E-state index is -0.0653. The van der Waals surface area contributed by atoms with Crippen LogP contribution in [-0.2, 0) is 6.54 Å². The average molecular weight is 265 g/mol. The van der Waals surface area contributed by atoms with Crippen molar-refractivity contribution in [3.63, 3.8) is 0 Å². The van der Waals surface area contributed by atoms with Gasteiger partial charge in [-0.15, -0.1) is 0 Å². The summed E-state index contributed by atoms with van der Waals surface area (Å²) >= 11 is 0. The second-order valence-electron chi connectivity index (χ2n) is 6.24. The number of aliphatic hydroxyl groups excluding tert-OH is 1. The highest BCUT2D eigenvalue weighted by molar-refractivity contribution is 5.41. The molecule has 1 rings (SSSR count). The molecule has 0 aliphatic heterocycles. The standard InChI is InChI=1S/C16H27NO2/c1-12-8-15(19-6)13(2)7-14(12)9-17(5)10-16(3,4)11-18/h7-8,18H,9-11H2,1-6H3. The van der Waals surface area contributed by atoms with Gasteiger partial charge in [-0.2, -0.15) is 0 Å². The van der Waals surface area contributed by atoms with Crippen LogP contribution >= 0.6 is 0 Å². The quantitative estimate of drug-likeness (QED) is 0.858. The first-order valence-corrected chi connectivity index (χ1v) is 6.72. The Morgan fingerprint density at radius 1 is 1.21 bits per heavy atom. The summed E-state index contributed by atoms with van der Waals surface area (Å²) in [6.07, 6.45) is 0. The predicted octanol–water partition coefficient (Wildman–Crippen LogP) is 2.76. The number of ether oxygens (including phenoxy) is 1. The zero-order valence-electron chi connectivity index (χ0n) is 13.1. The third-order valence-corrected chi connectivity index (χ3v) is 3.42. The van der Waals surface area contributed by atoms with Gasteiger partial charge in [0.1, 0.15) is 5.75 Å². The van der Waals surface area contributed by atoms with Gasteiger partial charge in [0.05, 0.1) is 7.11 Å². The summed E-state index contributed by atoms with van der Waals surface area (Å²) in [6, 6.07) is 4.28. The molecule has 19 heavy (non-hydrogen) atoms. The first-order valence-electron chi connectivity index (χ1n) is 6.72. The Hall–Kier alpha value is -1.06. The van der Waals surface area contributed by atoms with Gasteiger partial charge in [0, 0.05) is 25.1 Å². The minimum Gasteiger partial charge on any atom is -0.496 e. The lowest BCUT2D eigenvalue weighted by Crippen LogP contribution is -2.33. The van der Waals surface area contributed by atoms with E-state index in [0.29, 0.717) is 0 Å². The van der Waals surface area contributed by atoms with E-state index in [0.717, 1.165) is 24.4 Å². The van der Waals surface area contributed by atoms with E-state index in [-0.39, 0.29) is 12.0 Å². The van der Waals surface area contributed by atoms with Crippen LogP contribution in [-0.4, -0.2) is 37.3 Å². The molecule has 0 aromatic heterocycles. The Morgan fingerprint density at radius 3 is 2.37 bits per heavy atom. The normalized spacial score (nSPS) is 12.0. The first kappa shape index (κ1) is 16.0.